The van der Waals surface area contributed by atoms with E-state index in [-0.39, 0.29) is 0 Å². The van der Waals surface area contributed by atoms with Gasteiger partial charge in [0.05, 0.1) is 6.54 Å². The van der Waals surface area contributed by atoms with Gasteiger partial charge in [0.15, 0.2) is 5.96 Å². The molecule has 0 spiro atoms. The molecule has 3 N–H and O–H groups in total. The second kappa shape index (κ2) is 5.77. The summed E-state index contributed by atoms with van der Waals surface area (Å²) in [5, 5.41) is 7.00. The molecule has 0 atom stereocenters. The number of guanidine groups is 1. The molecule has 2 aromatic rings. The first-order valence-electron chi connectivity index (χ1n) is 6.90. The zero-order valence-corrected chi connectivity index (χ0v) is 11.3. The molecule has 5 nitrogen and oxygen atoms in total. The highest BCUT2D eigenvalue weighted by Crippen LogP contribution is 2.27. The van der Waals surface area contributed by atoms with Crippen LogP contribution in [0.5, 0.6) is 0 Å². The molecular weight excluding hydrogens is 252 g/mol. The Labute approximate surface area is 117 Å². The minimum absolute atomic E-state index is 0.409. The van der Waals surface area contributed by atoms with E-state index in [9.17, 15) is 0 Å². The number of rotatable bonds is 3. The van der Waals surface area contributed by atoms with E-state index in [0.29, 0.717) is 12.5 Å². The minimum Gasteiger partial charge on any atom is -0.370 e. The fourth-order valence-corrected chi connectivity index (χ4v) is 2.56. The van der Waals surface area contributed by atoms with Crippen molar-refractivity contribution in [2.24, 2.45) is 10.7 Å². The Bertz CT molecular complexity index is 604. The second-order valence-electron chi connectivity index (χ2n) is 4.97. The van der Waals surface area contributed by atoms with E-state index in [1.807, 2.05) is 0 Å². The summed E-state index contributed by atoms with van der Waals surface area (Å²) >= 11 is 0. The number of anilines is 1. The third-order valence-corrected chi connectivity index (χ3v) is 3.56. The minimum atomic E-state index is 0.409. The van der Waals surface area contributed by atoms with Gasteiger partial charge >= 0.3 is 0 Å². The molecule has 1 aromatic heterocycles. The Kier molecular flexibility index (Phi) is 3.67. The van der Waals surface area contributed by atoms with Gasteiger partial charge in [-0.05, 0) is 42.9 Å². The number of aliphatic imine (C=N–C) groups is 1. The lowest BCUT2D eigenvalue weighted by Gasteiger charge is -2.19. The average Bonchev–Trinajstić information content (AvgIpc) is 2.99. The Hall–Kier alpha value is -2.30. The van der Waals surface area contributed by atoms with E-state index in [1.165, 1.54) is 30.2 Å². The molecule has 1 aromatic carbocycles. The molecule has 5 heteroatoms. The van der Waals surface area contributed by atoms with Crippen LogP contribution in [0.1, 0.15) is 29.7 Å². The van der Waals surface area contributed by atoms with E-state index < -0.39 is 0 Å². The van der Waals surface area contributed by atoms with Crippen LogP contribution in [0.3, 0.4) is 0 Å². The summed E-state index contributed by atoms with van der Waals surface area (Å²) in [6, 6.07) is 8.10. The van der Waals surface area contributed by atoms with Crippen molar-refractivity contribution in [3.63, 3.8) is 0 Å². The van der Waals surface area contributed by atoms with Crippen LogP contribution in [0.15, 0.2) is 40.0 Å². The fourth-order valence-electron chi connectivity index (χ4n) is 2.56. The highest BCUT2D eigenvalue weighted by atomic mass is 16.5. The normalized spacial score (nSPS) is 14.9. The van der Waals surface area contributed by atoms with Gasteiger partial charge in [-0.15, -0.1) is 0 Å². The number of nitrogens with two attached hydrogens (primary N) is 1. The monoisotopic (exact) mass is 270 g/mol. The smallest absolute Gasteiger partial charge is 0.193 e. The predicted molar refractivity (Wildman–Crippen MR) is 78.5 cm³/mol. The van der Waals surface area contributed by atoms with Gasteiger partial charge in [0, 0.05) is 11.8 Å². The van der Waals surface area contributed by atoms with Gasteiger partial charge in [0.1, 0.15) is 12.0 Å². The van der Waals surface area contributed by atoms with Gasteiger partial charge in [-0.25, -0.2) is 4.99 Å². The molecule has 0 amide bonds. The number of benzene rings is 1. The molecule has 1 aliphatic rings. The molecule has 1 heterocycles. The third-order valence-electron chi connectivity index (χ3n) is 3.56. The number of aryl methyl sites for hydroxylation is 1. The van der Waals surface area contributed by atoms with E-state index in [0.717, 1.165) is 24.2 Å². The van der Waals surface area contributed by atoms with Gasteiger partial charge in [-0.2, -0.15) is 0 Å². The van der Waals surface area contributed by atoms with E-state index >= 15 is 0 Å². The van der Waals surface area contributed by atoms with Gasteiger partial charge in [0.2, 0.25) is 0 Å². The molecular formula is C15H18N4O. The molecule has 0 unspecified atom stereocenters. The summed E-state index contributed by atoms with van der Waals surface area (Å²) in [4.78, 5) is 4.27. The molecule has 0 bridgehead atoms. The van der Waals surface area contributed by atoms with Crippen molar-refractivity contribution in [2.45, 2.75) is 32.2 Å². The molecule has 0 saturated heterocycles. The summed E-state index contributed by atoms with van der Waals surface area (Å²) in [5.74, 6) is 0.409. The topological polar surface area (TPSA) is 76.4 Å². The fraction of sp³-hybridized carbons (Fsp3) is 0.333. The number of nitrogens with one attached hydrogen (secondary N) is 1. The van der Waals surface area contributed by atoms with Crippen molar-refractivity contribution in [2.75, 3.05) is 5.32 Å². The van der Waals surface area contributed by atoms with Crippen LogP contribution in [-0.4, -0.2) is 11.1 Å². The van der Waals surface area contributed by atoms with Crippen LogP contribution >= 0.6 is 0 Å². The number of aromatic nitrogens is 1. The van der Waals surface area contributed by atoms with Gasteiger partial charge in [-0.3, -0.25) is 0 Å². The first-order valence-corrected chi connectivity index (χ1v) is 6.90. The van der Waals surface area contributed by atoms with Crippen LogP contribution in [0.4, 0.5) is 5.69 Å². The van der Waals surface area contributed by atoms with Crippen molar-refractivity contribution in [1.82, 2.24) is 5.16 Å². The summed E-state index contributed by atoms with van der Waals surface area (Å²) < 4.78 is 4.76. The highest BCUT2D eigenvalue weighted by molar-refractivity contribution is 5.93. The van der Waals surface area contributed by atoms with Crippen LogP contribution in [-0.2, 0) is 19.4 Å². The number of nitrogens with zero attached hydrogens (tertiary/aromatic N) is 2. The maximum atomic E-state index is 5.94. The number of hydrogen-bond acceptors (Lipinski definition) is 3. The van der Waals surface area contributed by atoms with E-state index in [4.69, 9.17) is 10.3 Å². The summed E-state index contributed by atoms with van der Waals surface area (Å²) in [7, 11) is 0. The summed E-state index contributed by atoms with van der Waals surface area (Å²) in [6.45, 7) is 0.421. The second-order valence-corrected chi connectivity index (χ2v) is 4.97. The molecule has 104 valence electrons. The SMILES string of the molecule is NC(=NCc1ccon1)Nc1cccc2c1CCCC2. The quantitative estimate of drug-likeness (QED) is 0.663. The number of fused-ring (bicyclic) bond motifs is 1. The third kappa shape index (κ3) is 2.82. The Morgan fingerprint density at radius 1 is 1.30 bits per heavy atom. The van der Waals surface area contributed by atoms with Crippen molar-refractivity contribution in [3.8, 4) is 0 Å². The Morgan fingerprint density at radius 3 is 3.05 bits per heavy atom. The molecule has 0 fully saturated rings. The Morgan fingerprint density at radius 2 is 2.20 bits per heavy atom. The zero-order valence-electron chi connectivity index (χ0n) is 11.3. The first-order chi connectivity index (χ1) is 9.83. The van der Waals surface area contributed by atoms with Gasteiger partial charge in [0.25, 0.3) is 0 Å². The summed E-state index contributed by atoms with van der Waals surface area (Å²) in [6.07, 6.45) is 6.30. The van der Waals surface area contributed by atoms with Crippen LogP contribution in [0, 0.1) is 0 Å². The molecule has 0 saturated carbocycles. The molecule has 3 rings (SSSR count). The molecule has 0 aliphatic heterocycles. The van der Waals surface area contributed by atoms with Crippen molar-refractivity contribution >= 4 is 11.6 Å². The molecule has 20 heavy (non-hydrogen) atoms. The average molecular weight is 270 g/mol. The Balaban J connectivity index is 1.72. The van der Waals surface area contributed by atoms with E-state index in [1.54, 1.807) is 6.07 Å². The predicted octanol–water partition coefficient (Wildman–Crippen LogP) is 2.48. The highest BCUT2D eigenvalue weighted by Gasteiger charge is 2.13. The van der Waals surface area contributed by atoms with E-state index in [2.05, 4.69) is 33.7 Å². The van der Waals surface area contributed by atoms with Crippen LogP contribution in [0.2, 0.25) is 0 Å². The molecule has 1 aliphatic carbocycles. The van der Waals surface area contributed by atoms with Crippen molar-refractivity contribution in [3.05, 3.63) is 47.3 Å². The lowest BCUT2D eigenvalue weighted by molar-refractivity contribution is 0.412. The van der Waals surface area contributed by atoms with Crippen LogP contribution in [0.25, 0.3) is 0 Å². The maximum absolute atomic E-state index is 5.94. The zero-order chi connectivity index (χ0) is 13.8. The van der Waals surface area contributed by atoms with Crippen molar-refractivity contribution in [1.29, 1.82) is 0 Å². The standard InChI is InChI=1S/C15H18N4O/c16-15(17-10-12-8-9-20-19-12)18-14-7-3-5-11-4-1-2-6-13(11)14/h3,5,7-9H,1-2,4,6,10H2,(H3,16,17,18). The first kappa shape index (κ1) is 12.7. The maximum Gasteiger partial charge on any atom is 0.193 e. The van der Waals surface area contributed by atoms with Gasteiger partial charge < -0.3 is 15.6 Å². The summed E-state index contributed by atoms with van der Waals surface area (Å²) in [5.41, 5.74) is 10.6. The lowest BCUT2D eigenvalue weighted by atomic mass is 9.90. The van der Waals surface area contributed by atoms with Crippen molar-refractivity contribution < 1.29 is 4.52 Å². The number of hydrogen-bond donors (Lipinski definition) is 2. The van der Waals surface area contributed by atoms with Crippen LogP contribution < -0.4 is 11.1 Å². The molecule has 0 radical (unpaired) electrons. The lowest BCUT2D eigenvalue weighted by Crippen LogP contribution is -2.24. The largest absolute Gasteiger partial charge is 0.370 e. The van der Waals surface area contributed by atoms with Gasteiger partial charge in [-0.1, -0.05) is 17.3 Å².